The molecule has 17 heavy (non-hydrogen) atoms. The zero-order valence-electron chi connectivity index (χ0n) is 10.3. The Hall–Kier alpha value is -0.860. The van der Waals surface area contributed by atoms with Crippen LogP contribution in [0.25, 0.3) is 0 Å². The first-order valence-electron chi connectivity index (χ1n) is 6.68. The Bertz CT molecular complexity index is 317. The molecule has 2 unspecified atom stereocenters. The zero-order valence-corrected chi connectivity index (χ0v) is 10.3. The third kappa shape index (κ3) is 3.55. The monoisotopic (exact) mass is 234 g/mol. The molecule has 2 nitrogen and oxygen atoms in total. The van der Waals surface area contributed by atoms with E-state index in [0.29, 0.717) is 5.92 Å². The molecule has 2 N–H and O–H groups in total. The van der Waals surface area contributed by atoms with E-state index in [1.807, 2.05) is 30.3 Å². The van der Waals surface area contributed by atoms with Gasteiger partial charge >= 0.3 is 0 Å². The molecular weight excluding hydrogens is 212 g/mol. The summed E-state index contributed by atoms with van der Waals surface area (Å²) < 4.78 is 0. The Balaban J connectivity index is 1.88. The molecular formula is C15H22O2. The summed E-state index contributed by atoms with van der Waals surface area (Å²) in [5.74, 6) is 0.595. The van der Waals surface area contributed by atoms with Crippen LogP contribution >= 0.6 is 0 Å². The van der Waals surface area contributed by atoms with Crippen LogP contribution in [0.4, 0.5) is 0 Å². The van der Waals surface area contributed by atoms with Crippen LogP contribution in [-0.4, -0.2) is 16.3 Å². The molecule has 0 saturated heterocycles. The second kappa shape index (κ2) is 6.18. The average Bonchev–Trinajstić information content (AvgIpc) is 2.40. The lowest BCUT2D eigenvalue weighted by Gasteiger charge is -2.26. The summed E-state index contributed by atoms with van der Waals surface area (Å²) in [4.78, 5) is 0. The lowest BCUT2D eigenvalue weighted by molar-refractivity contribution is 0.000386. The molecule has 0 bridgehead atoms. The van der Waals surface area contributed by atoms with Crippen LogP contribution in [0, 0.1) is 5.92 Å². The number of hydrogen-bond acceptors (Lipinski definition) is 2. The number of aliphatic hydroxyl groups is 2. The lowest BCUT2D eigenvalue weighted by atomic mass is 9.84. The fourth-order valence-electron chi connectivity index (χ4n) is 2.77. The van der Waals surface area contributed by atoms with Gasteiger partial charge in [-0.1, -0.05) is 62.4 Å². The summed E-state index contributed by atoms with van der Waals surface area (Å²) in [5.41, 5.74) is 0.816. The van der Waals surface area contributed by atoms with Crippen molar-refractivity contribution in [1.29, 1.82) is 0 Å². The van der Waals surface area contributed by atoms with Crippen LogP contribution in [0.2, 0.25) is 0 Å². The Kier molecular flexibility index (Phi) is 4.57. The van der Waals surface area contributed by atoms with Gasteiger partial charge in [0.15, 0.2) is 0 Å². The van der Waals surface area contributed by atoms with Crippen LogP contribution < -0.4 is 0 Å². The molecule has 2 heteroatoms. The minimum absolute atomic E-state index is 0.595. The maximum atomic E-state index is 10.1. The predicted molar refractivity (Wildman–Crippen MR) is 68.6 cm³/mol. The molecule has 1 saturated carbocycles. The standard InChI is InChI=1S/C15H22O2/c16-14(11-12-7-3-1-4-8-12)15(17)13-9-5-2-6-10-13/h2,5-6,9-10,12,14-17H,1,3-4,7-8,11H2. The Morgan fingerprint density at radius 3 is 2.29 bits per heavy atom. The number of benzene rings is 1. The highest BCUT2D eigenvalue weighted by Crippen LogP contribution is 2.30. The van der Waals surface area contributed by atoms with E-state index in [0.717, 1.165) is 12.0 Å². The second-order valence-corrected chi connectivity index (χ2v) is 5.16. The molecule has 1 aromatic carbocycles. The van der Waals surface area contributed by atoms with Gasteiger partial charge < -0.3 is 10.2 Å². The molecule has 0 spiro atoms. The summed E-state index contributed by atoms with van der Waals surface area (Å²) in [6, 6.07) is 9.45. The average molecular weight is 234 g/mol. The van der Waals surface area contributed by atoms with Gasteiger partial charge in [-0.05, 0) is 17.9 Å². The van der Waals surface area contributed by atoms with Crippen molar-refractivity contribution in [3.63, 3.8) is 0 Å². The summed E-state index contributed by atoms with van der Waals surface area (Å²) >= 11 is 0. The van der Waals surface area contributed by atoms with Crippen molar-refractivity contribution < 1.29 is 10.2 Å². The largest absolute Gasteiger partial charge is 0.390 e. The zero-order chi connectivity index (χ0) is 12.1. The summed E-state index contributed by atoms with van der Waals surface area (Å²) in [7, 11) is 0. The smallest absolute Gasteiger partial charge is 0.105 e. The summed E-state index contributed by atoms with van der Waals surface area (Å²) in [6.45, 7) is 0. The number of hydrogen-bond donors (Lipinski definition) is 2. The fourth-order valence-corrected chi connectivity index (χ4v) is 2.77. The van der Waals surface area contributed by atoms with E-state index in [2.05, 4.69) is 0 Å². The highest BCUT2D eigenvalue weighted by Gasteiger charge is 2.23. The van der Waals surface area contributed by atoms with E-state index < -0.39 is 12.2 Å². The topological polar surface area (TPSA) is 40.5 Å². The second-order valence-electron chi connectivity index (χ2n) is 5.16. The molecule has 94 valence electrons. The molecule has 0 aromatic heterocycles. The van der Waals surface area contributed by atoms with Gasteiger partial charge in [0.25, 0.3) is 0 Å². The van der Waals surface area contributed by atoms with Gasteiger partial charge in [-0.2, -0.15) is 0 Å². The Labute approximate surface area is 103 Å². The van der Waals surface area contributed by atoms with Crippen molar-refractivity contribution in [3.05, 3.63) is 35.9 Å². The van der Waals surface area contributed by atoms with Crippen molar-refractivity contribution in [1.82, 2.24) is 0 Å². The third-order valence-corrected chi connectivity index (χ3v) is 3.81. The van der Waals surface area contributed by atoms with E-state index in [1.54, 1.807) is 0 Å². The lowest BCUT2D eigenvalue weighted by Crippen LogP contribution is -2.23. The Morgan fingerprint density at radius 2 is 1.65 bits per heavy atom. The summed E-state index contributed by atoms with van der Waals surface area (Å²) in [5, 5.41) is 20.1. The predicted octanol–water partition coefficient (Wildman–Crippen LogP) is 3.05. The van der Waals surface area contributed by atoms with Gasteiger partial charge in [0.2, 0.25) is 0 Å². The molecule has 1 aliphatic rings. The van der Waals surface area contributed by atoms with Gasteiger partial charge in [-0.3, -0.25) is 0 Å². The highest BCUT2D eigenvalue weighted by atomic mass is 16.3. The van der Waals surface area contributed by atoms with E-state index in [1.165, 1.54) is 32.1 Å². The normalized spacial score (nSPS) is 21.1. The minimum atomic E-state index is -0.738. The van der Waals surface area contributed by atoms with Crippen molar-refractivity contribution >= 4 is 0 Å². The van der Waals surface area contributed by atoms with Crippen molar-refractivity contribution in [2.24, 2.45) is 5.92 Å². The van der Waals surface area contributed by atoms with Gasteiger partial charge in [0, 0.05) is 0 Å². The van der Waals surface area contributed by atoms with Crippen molar-refractivity contribution in [2.45, 2.75) is 50.7 Å². The molecule has 2 atom stereocenters. The van der Waals surface area contributed by atoms with Crippen LogP contribution in [0.1, 0.15) is 50.2 Å². The third-order valence-electron chi connectivity index (χ3n) is 3.81. The molecule has 2 rings (SSSR count). The van der Waals surface area contributed by atoms with Crippen LogP contribution in [0.3, 0.4) is 0 Å². The SMILES string of the molecule is OC(CC1CCCCC1)C(O)c1ccccc1. The first kappa shape index (κ1) is 12.6. The molecule has 0 amide bonds. The first-order valence-corrected chi connectivity index (χ1v) is 6.68. The molecule has 0 heterocycles. The number of rotatable bonds is 4. The molecule has 1 fully saturated rings. The minimum Gasteiger partial charge on any atom is -0.390 e. The highest BCUT2D eigenvalue weighted by molar-refractivity contribution is 5.18. The molecule has 1 aromatic rings. The van der Waals surface area contributed by atoms with Crippen LogP contribution in [0.5, 0.6) is 0 Å². The van der Waals surface area contributed by atoms with E-state index in [-0.39, 0.29) is 0 Å². The maximum absolute atomic E-state index is 10.1. The summed E-state index contributed by atoms with van der Waals surface area (Å²) in [6.07, 6.45) is 5.66. The number of aliphatic hydroxyl groups excluding tert-OH is 2. The first-order chi connectivity index (χ1) is 8.27. The van der Waals surface area contributed by atoms with Crippen LogP contribution in [-0.2, 0) is 0 Å². The van der Waals surface area contributed by atoms with Gasteiger partial charge in [0.05, 0.1) is 6.10 Å². The van der Waals surface area contributed by atoms with Gasteiger partial charge in [-0.25, -0.2) is 0 Å². The van der Waals surface area contributed by atoms with Gasteiger partial charge in [0.1, 0.15) is 6.10 Å². The van der Waals surface area contributed by atoms with E-state index >= 15 is 0 Å². The fraction of sp³-hybridized carbons (Fsp3) is 0.600. The van der Waals surface area contributed by atoms with E-state index in [4.69, 9.17) is 0 Å². The Morgan fingerprint density at radius 1 is 1.00 bits per heavy atom. The van der Waals surface area contributed by atoms with Gasteiger partial charge in [-0.15, -0.1) is 0 Å². The maximum Gasteiger partial charge on any atom is 0.105 e. The quantitative estimate of drug-likeness (QED) is 0.840. The van der Waals surface area contributed by atoms with Crippen molar-refractivity contribution in [2.75, 3.05) is 0 Å². The molecule has 0 radical (unpaired) electrons. The van der Waals surface area contributed by atoms with Crippen LogP contribution in [0.15, 0.2) is 30.3 Å². The molecule has 1 aliphatic carbocycles. The van der Waals surface area contributed by atoms with E-state index in [9.17, 15) is 10.2 Å². The molecule has 0 aliphatic heterocycles. The van der Waals surface area contributed by atoms with Crippen molar-refractivity contribution in [3.8, 4) is 0 Å².